The highest BCUT2D eigenvalue weighted by molar-refractivity contribution is 6.04. The number of hydrogen-bond donors (Lipinski definition) is 1. The summed E-state index contributed by atoms with van der Waals surface area (Å²) in [6.45, 7) is 0.0952. The number of nitrogens with one attached hydrogen (secondary N) is 1. The van der Waals surface area contributed by atoms with Crippen LogP contribution in [0.3, 0.4) is 0 Å². The normalized spacial score (nSPS) is 10.3. The molecule has 1 aromatic heterocycles. The van der Waals surface area contributed by atoms with Crippen molar-refractivity contribution in [1.29, 1.82) is 0 Å². The van der Waals surface area contributed by atoms with Crippen LogP contribution >= 0.6 is 0 Å². The molecule has 0 aliphatic rings. The molecule has 0 fully saturated rings. The number of rotatable bonds is 7. The van der Waals surface area contributed by atoms with E-state index in [0.29, 0.717) is 22.7 Å². The number of benzene rings is 2. The second kappa shape index (κ2) is 8.91. The molecule has 3 aromatic rings. The standard InChI is InChI=1S/C21H19N3O6/c1-29-18-9-8-15(12-19(18)30-2)22-20(25)17-7-4-10-23(21(17)26)13-14-5-3-6-16(11-14)24(27)28/h3-12H,13H2,1-2H3,(H,22,25). The lowest BCUT2D eigenvalue weighted by atomic mass is 10.2. The van der Waals surface area contributed by atoms with Gasteiger partial charge in [0.05, 0.1) is 25.7 Å². The van der Waals surface area contributed by atoms with Gasteiger partial charge in [0.2, 0.25) is 0 Å². The van der Waals surface area contributed by atoms with Crippen LogP contribution in [-0.2, 0) is 6.54 Å². The maximum atomic E-state index is 12.8. The average molecular weight is 409 g/mol. The van der Waals surface area contributed by atoms with Gasteiger partial charge in [0.25, 0.3) is 17.2 Å². The Labute approximate surface area is 171 Å². The van der Waals surface area contributed by atoms with Gasteiger partial charge in [-0.1, -0.05) is 12.1 Å². The molecular formula is C21H19N3O6. The molecule has 0 atom stereocenters. The summed E-state index contributed by atoms with van der Waals surface area (Å²) >= 11 is 0. The van der Waals surface area contributed by atoms with Gasteiger partial charge >= 0.3 is 0 Å². The van der Waals surface area contributed by atoms with Gasteiger partial charge in [0.15, 0.2) is 11.5 Å². The fourth-order valence-electron chi connectivity index (χ4n) is 2.91. The summed E-state index contributed by atoms with van der Waals surface area (Å²) in [5, 5.41) is 13.6. The maximum absolute atomic E-state index is 12.8. The minimum Gasteiger partial charge on any atom is -0.493 e. The SMILES string of the molecule is COc1ccc(NC(=O)c2cccn(Cc3cccc([N+](=O)[O-])c3)c2=O)cc1OC. The van der Waals surface area contributed by atoms with Gasteiger partial charge in [0, 0.05) is 30.1 Å². The van der Waals surface area contributed by atoms with Crippen molar-refractivity contribution in [2.75, 3.05) is 19.5 Å². The van der Waals surface area contributed by atoms with Crippen molar-refractivity contribution >= 4 is 17.3 Å². The monoisotopic (exact) mass is 409 g/mol. The number of nitrogens with zero attached hydrogens (tertiary/aromatic N) is 2. The lowest BCUT2D eigenvalue weighted by molar-refractivity contribution is -0.384. The number of methoxy groups -OCH3 is 2. The number of nitro groups is 1. The fourth-order valence-corrected chi connectivity index (χ4v) is 2.91. The Hall–Kier alpha value is -4.14. The van der Waals surface area contributed by atoms with E-state index < -0.39 is 16.4 Å². The van der Waals surface area contributed by atoms with Gasteiger partial charge in [0.1, 0.15) is 5.56 Å². The molecular weight excluding hydrogens is 390 g/mol. The molecule has 9 heteroatoms. The molecule has 1 amide bonds. The number of nitro benzene ring substituents is 1. The van der Waals surface area contributed by atoms with Crippen molar-refractivity contribution in [1.82, 2.24) is 4.57 Å². The Kier molecular flexibility index (Phi) is 6.11. The predicted octanol–water partition coefficient (Wildman–Crippen LogP) is 3.07. The summed E-state index contributed by atoms with van der Waals surface area (Å²) in [4.78, 5) is 35.9. The van der Waals surface area contributed by atoms with Gasteiger partial charge < -0.3 is 19.4 Å². The first-order valence-corrected chi connectivity index (χ1v) is 8.89. The molecule has 2 aromatic carbocycles. The summed E-state index contributed by atoms with van der Waals surface area (Å²) in [5.74, 6) is 0.363. The summed E-state index contributed by atoms with van der Waals surface area (Å²) in [7, 11) is 2.98. The highest BCUT2D eigenvalue weighted by Crippen LogP contribution is 2.29. The van der Waals surface area contributed by atoms with Crippen LogP contribution < -0.4 is 20.3 Å². The highest BCUT2D eigenvalue weighted by Gasteiger charge is 2.15. The maximum Gasteiger partial charge on any atom is 0.269 e. The van der Waals surface area contributed by atoms with Crippen LogP contribution in [0.1, 0.15) is 15.9 Å². The van der Waals surface area contributed by atoms with E-state index in [4.69, 9.17) is 9.47 Å². The van der Waals surface area contributed by atoms with E-state index in [1.807, 2.05) is 0 Å². The smallest absolute Gasteiger partial charge is 0.269 e. The first-order chi connectivity index (χ1) is 14.4. The lowest BCUT2D eigenvalue weighted by Gasteiger charge is -2.11. The van der Waals surface area contributed by atoms with E-state index in [1.54, 1.807) is 36.4 Å². The number of non-ortho nitro benzene ring substituents is 1. The number of anilines is 1. The fraction of sp³-hybridized carbons (Fsp3) is 0.143. The van der Waals surface area contributed by atoms with Gasteiger partial charge in [-0.3, -0.25) is 19.7 Å². The number of pyridine rings is 1. The van der Waals surface area contributed by atoms with Crippen LogP contribution in [0.4, 0.5) is 11.4 Å². The zero-order valence-corrected chi connectivity index (χ0v) is 16.3. The highest BCUT2D eigenvalue weighted by atomic mass is 16.6. The first-order valence-electron chi connectivity index (χ1n) is 8.89. The topological polar surface area (TPSA) is 113 Å². The van der Waals surface area contributed by atoms with Crippen molar-refractivity contribution in [2.45, 2.75) is 6.54 Å². The Bertz CT molecular complexity index is 1160. The largest absolute Gasteiger partial charge is 0.493 e. The molecule has 154 valence electrons. The van der Waals surface area contributed by atoms with Gasteiger partial charge in [-0.15, -0.1) is 0 Å². The average Bonchev–Trinajstić information content (AvgIpc) is 2.75. The van der Waals surface area contributed by atoms with Crippen molar-refractivity contribution in [3.8, 4) is 11.5 Å². The van der Waals surface area contributed by atoms with Crippen LogP contribution in [0, 0.1) is 10.1 Å². The van der Waals surface area contributed by atoms with Gasteiger partial charge in [-0.05, 0) is 29.8 Å². The Morgan fingerprint density at radius 1 is 1.07 bits per heavy atom. The van der Waals surface area contributed by atoms with E-state index in [2.05, 4.69) is 5.32 Å². The third-order valence-electron chi connectivity index (χ3n) is 4.38. The molecule has 0 bridgehead atoms. The predicted molar refractivity (Wildman–Crippen MR) is 110 cm³/mol. The molecule has 0 unspecified atom stereocenters. The van der Waals surface area contributed by atoms with Crippen LogP contribution in [0.2, 0.25) is 0 Å². The molecule has 0 radical (unpaired) electrons. The minimum absolute atomic E-state index is 0.0577. The summed E-state index contributed by atoms with van der Waals surface area (Å²) in [6, 6.07) is 13.8. The third kappa shape index (κ3) is 4.46. The molecule has 0 saturated heterocycles. The van der Waals surface area contributed by atoms with Crippen molar-refractivity contribution in [3.05, 3.63) is 92.4 Å². The second-order valence-corrected chi connectivity index (χ2v) is 6.31. The van der Waals surface area contributed by atoms with Crippen molar-refractivity contribution < 1.29 is 19.2 Å². The Balaban J connectivity index is 1.84. The summed E-state index contributed by atoms with van der Waals surface area (Å²) in [6.07, 6.45) is 1.52. The van der Waals surface area contributed by atoms with Crippen LogP contribution in [0.25, 0.3) is 0 Å². The van der Waals surface area contributed by atoms with Crippen LogP contribution in [-0.4, -0.2) is 29.6 Å². The summed E-state index contributed by atoms with van der Waals surface area (Å²) in [5.41, 5.74) is 0.373. The number of carbonyl (C=O) groups excluding carboxylic acids is 1. The number of hydrogen-bond acceptors (Lipinski definition) is 6. The lowest BCUT2D eigenvalue weighted by Crippen LogP contribution is -2.29. The molecule has 1 N–H and O–H groups in total. The molecule has 0 aliphatic carbocycles. The van der Waals surface area contributed by atoms with Gasteiger partial charge in [-0.25, -0.2) is 0 Å². The number of carbonyl (C=O) groups is 1. The Morgan fingerprint density at radius 2 is 1.83 bits per heavy atom. The van der Waals surface area contributed by atoms with Crippen molar-refractivity contribution in [2.24, 2.45) is 0 Å². The van der Waals surface area contributed by atoms with Crippen molar-refractivity contribution in [3.63, 3.8) is 0 Å². The second-order valence-electron chi connectivity index (χ2n) is 6.31. The van der Waals surface area contributed by atoms with E-state index in [1.165, 1.54) is 43.2 Å². The number of ether oxygens (including phenoxy) is 2. The Morgan fingerprint density at radius 3 is 2.53 bits per heavy atom. The van der Waals surface area contributed by atoms with E-state index in [-0.39, 0.29) is 17.8 Å². The number of aromatic nitrogens is 1. The molecule has 0 saturated carbocycles. The van der Waals surface area contributed by atoms with E-state index in [9.17, 15) is 19.7 Å². The van der Waals surface area contributed by atoms with E-state index in [0.717, 1.165) is 0 Å². The zero-order chi connectivity index (χ0) is 21.7. The quantitative estimate of drug-likeness (QED) is 0.474. The molecule has 0 spiro atoms. The van der Waals surface area contributed by atoms with Crippen LogP contribution in [0.15, 0.2) is 65.6 Å². The molecule has 3 rings (SSSR count). The molecule has 1 heterocycles. The summed E-state index contributed by atoms with van der Waals surface area (Å²) < 4.78 is 11.7. The van der Waals surface area contributed by atoms with Crippen LogP contribution in [0.5, 0.6) is 11.5 Å². The molecule has 30 heavy (non-hydrogen) atoms. The molecule has 9 nitrogen and oxygen atoms in total. The van der Waals surface area contributed by atoms with E-state index >= 15 is 0 Å². The first kappa shape index (κ1) is 20.6. The van der Waals surface area contributed by atoms with Gasteiger partial charge in [-0.2, -0.15) is 0 Å². The molecule has 0 aliphatic heterocycles. The third-order valence-corrected chi connectivity index (χ3v) is 4.38. The zero-order valence-electron chi connectivity index (χ0n) is 16.3. The minimum atomic E-state index is -0.583. The number of amides is 1.